The van der Waals surface area contributed by atoms with Crippen molar-refractivity contribution in [3.63, 3.8) is 0 Å². The number of benzene rings is 1. The Morgan fingerprint density at radius 3 is 3.00 bits per heavy atom. The number of hydrogen-bond donors (Lipinski definition) is 1. The van der Waals surface area contributed by atoms with Crippen LogP contribution in [0.15, 0.2) is 28.1 Å². The normalized spacial score (nSPS) is 10.5. The summed E-state index contributed by atoms with van der Waals surface area (Å²) in [5.74, 6) is -0.168. The first-order valence-electron chi connectivity index (χ1n) is 5.71. The number of nitrogens with one attached hydrogen (secondary N) is 1. The van der Waals surface area contributed by atoms with Gasteiger partial charge in [0.25, 0.3) is 5.91 Å². The Kier molecular flexibility index (Phi) is 4.96. The average Bonchev–Trinajstić information content (AvgIpc) is 2.78. The number of amides is 1. The van der Waals surface area contributed by atoms with E-state index < -0.39 is 0 Å². The molecule has 2 rings (SSSR count). The summed E-state index contributed by atoms with van der Waals surface area (Å²) < 4.78 is 0.719. The first-order valence-corrected chi connectivity index (χ1v) is 7.76. The molecule has 1 N–H and O–H groups in total. The molecule has 0 spiro atoms. The first-order chi connectivity index (χ1) is 9.08. The van der Waals surface area contributed by atoms with Gasteiger partial charge in [-0.15, -0.1) is 11.3 Å². The largest absolute Gasteiger partial charge is 0.352 e. The van der Waals surface area contributed by atoms with Gasteiger partial charge in [-0.25, -0.2) is 4.98 Å². The van der Waals surface area contributed by atoms with Crippen LogP contribution in [-0.4, -0.2) is 17.4 Å². The lowest BCUT2D eigenvalue weighted by Crippen LogP contribution is -2.26. The topological polar surface area (TPSA) is 42.0 Å². The summed E-state index contributed by atoms with van der Waals surface area (Å²) in [5, 5.41) is 6.33. The number of thiazole rings is 1. The predicted octanol–water partition coefficient (Wildman–Crippen LogP) is 3.84. The van der Waals surface area contributed by atoms with Crippen LogP contribution in [0, 0.1) is 6.92 Å². The smallest absolute Gasteiger partial charge is 0.252 e. The molecule has 0 aliphatic carbocycles. The number of hydrogen-bond acceptors (Lipinski definition) is 3. The van der Waals surface area contributed by atoms with Crippen LogP contribution >= 0.6 is 38.9 Å². The third kappa shape index (κ3) is 3.78. The second-order valence-corrected chi connectivity index (χ2v) is 6.26. The van der Waals surface area contributed by atoms with Gasteiger partial charge in [-0.1, -0.05) is 17.7 Å². The number of aryl methyl sites for hydroxylation is 1. The molecular weight excluding hydrogens is 348 g/mol. The minimum absolute atomic E-state index is 0.168. The highest BCUT2D eigenvalue weighted by molar-refractivity contribution is 9.10. The van der Waals surface area contributed by atoms with Crippen molar-refractivity contribution in [3.05, 3.63) is 49.3 Å². The van der Waals surface area contributed by atoms with Gasteiger partial charge in [0.15, 0.2) is 0 Å². The molecule has 0 aliphatic rings. The standard InChI is InChI=1S/C13H12BrClN2OS/c1-8-17-9(7-19-8)5-6-16-13(18)10-3-2-4-11(14)12(10)15/h2-4,7H,5-6H2,1H3,(H,16,18). The Hall–Kier alpha value is -0.910. The van der Waals surface area contributed by atoms with E-state index in [1.165, 1.54) is 0 Å². The van der Waals surface area contributed by atoms with E-state index in [-0.39, 0.29) is 5.91 Å². The van der Waals surface area contributed by atoms with E-state index in [1.54, 1.807) is 29.5 Å². The molecule has 0 radical (unpaired) electrons. The van der Waals surface area contributed by atoms with Crippen molar-refractivity contribution in [2.24, 2.45) is 0 Å². The molecule has 2 aromatic rings. The highest BCUT2D eigenvalue weighted by Gasteiger charge is 2.11. The summed E-state index contributed by atoms with van der Waals surface area (Å²) >= 11 is 11.0. The number of carbonyl (C=O) groups excluding carboxylic acids is 1. The molecule has 19 heavy (non-hydrogen) atoms. The van der Waals surface area contributed by atoms with Gasteiger partial charge >= 0.3 is 0 Å². The summed E-state index contributed by atoms with van der Waals surface area (Å²) in [6.07, 6.45) is 0.724. The fourth-order valence-electron chi connectivity index (χ4n) is 1.60. The van der Waals surface area contributed by atoms with E-state index in [9.17, 15) is 4.79 Å². The molecule has 3 nitrogen and oxygen atoms in total. The molecule has 0 fully saturated rings. The molecule has 6 heteroatoms. The van der Waals surface area contributed by atoms with Crippen LogP contribution < -0.4 is 5.32 Å². The van der Waals surface area contributed by atoms with Crippen LogP contribution in [0.1, 0.15) is 21.1 Å². The van der Waals surface area contributed by atoms with Crippen molar-refractivity contribution < 1.29 is 4.79 Å². The molecule has 0 unspecified atom stereocenters. The Balaban J connectivity index is 1.93. The zero-order valence-electron chi connectivity index (χ0n) is 10.2. The maximum Gasteiger partial charge on any atom is 0.252 e. The number of rotatable bonds is 4. The lowest BCUT2D eigenvalue weighted by Gasteiger charge is -2.06. The van der Waals surface area contributed by atoms with Crippen molar-refractivity contribution in [1.82, 2.24) is 10.3 Å². The van der Waals surface area contributed by atoms with Crippen LogP contribution in [-0.2, 0) is 6.42 Å². The number of nitrogens with zero attached hydrogens (tertiary/aromatic N) is 1. The van der Waals surface area contributed by atoms with E-state index in [4.69, 9.17) is 11.6 Å². The first kappa shape index (κ1) is 14.5. The fraction of sp³-hybridized carbons (Fsp3) is 0.231. The maximum atomic E-state index is 12.0. The molecule has 1 amide bonds. The second-order valence-electron chi connectivity index (χ2n) is 3.97. The second kappa shape index (κ2) is 6.50. The Morgan fingerprint density at radius 2 is 2.32 bits per heavy atom. The lowest BCUT2D eigenvalue weighted by molar-refractivity contribution is 0.0954. The number of carbonyl (C=O) groups is 1. The van der Waals surface area contributed by atoms with E-state index in [0.29, 0.717) is 17.1 Å². The van der Waals surface area contributed by atoms with Gasteiger partial charge in [0, 0.05) is 22.8 Å². The fourth-order valence-corrected chi connectivity index (χ4v) is 2.83. The molecule has 1 aromatic carbocycles. The summed E-state index contributed by atoms with van der Waals surface area (Å²) in [5.41, 5.74) is 1.48. The van der Waals surface area contributed by atoms with E-state index >= 15 is 0 Å². The highest BCUT2D eigenvalue weighted by Crippen LogP contribution is 2.25. The summed E-state index contributed by atoms with van der Waals surface area (Å²) in [7, 11) is 0. The van der Waals surface area contributed by atoms with Crippen LogP contribution in [0.3, 0.4) is 0 Å². The molecule has 0 aliphatic heterocycles. The van der Waals surface area contributed by atoms with Gasteiger partial charge in [0.2, 0.25) is 0 Å². The maximum absolute atomic E-state index is 12.0. The van der Waals surface area contributed by atoms with E-state index in [0.717, 1.165) is 21.6 Å². The van der Waals surface area contributed by atoms with Gasteiger partial charge in [0.1, 0.15) is 0 Å². The minimum atomic E-state index is -0.168. The third-order valence-corrected chi connectivity index (χ3v) is 4.65. The summed E-state index contributed by atoms with van der Waals surface area (Å²) in [6.45, 7) is 2.51. The Labute approximate surface area is 129 Å². The van der Waals surface area contributed by atoms with Gasteiger partial charge in [-0.05, 0) is 35.0 Å². The average molecular weight is 360 g/mol. The van der Waals surface area contributed by atoms with E-state index in [2.05, 4.69) is 26.2 Å². The SMILES string of the molecule is Cc1nc(CCNC(=O)c2cccc(Br)c2Cl)cs1. The Morgan fingerprint density at radius 1 is 1.53 bits per heavy atom. The lowest BCUT2D eigenvalue weighted by atomic mass is 10.2. The van der Waals surface area contributed by atoms with Crippen molar-refractivity contribution in [3.8, 4) is 0 Å². The van der Waals surface area contributed by atoms with Crippen molar-refractivity contribution >= 4 is 44.8 Å². The molecule has 0 saturated carbocycles. The van der Waals surface area contributed by atoms with Crippen molar-refractivity contribution in [2.75, 3.05) is 6.54 Å². The van der Waals surface area contributed by atoms with Gasteiger partial charge in [-0.3, -0.25) is 4.79 Å². The van der Waals surface area contributed by atoms with Gasteiger partial charge in [-0.2, -0.15) is 0 Å². The van der Waals surface area contributed by atoms with Gasteiger partial charge in [0.05, 0.1) is 21.3 Å². The predicted molar refractivity (Wildman–Crippen MR) is 82.0 cm³/mol. The van der Waals surface area contributed by atoms with Crippen molar-refractivity contribution in [2.45, 2.75) is 13.3 Å². The molecule has 0 saturated heterocycles. The molecule has 1 aromatic heterocycles. The molecule has 0 atom stereocenters. The summed E-state index contributed by atoms with van der Waals surface area (Å²) in [4.78, 5) is 16.3. The molecule has 0 bridgehead atoms. The number of aromatic nitrogens is 1. The zero-order valence-corrected chi connectivity index (χ0v) is 13.4. The third-order valence-electron chi connectivity index (χ3n) is 2.53. The highest BCUT2D eigenvalue weighted by atomic mass is 79.9. The molecule has 100 valence electrons. The van der Waals surface area contributed by atoms with E-state index in [1.807, 2.05) is 12.3 Å². The molecular formula is C13H12BrClN2OS. The minimum Gasteiger partial charge on any atom is -0.352 e. The number of halogens is 2. The van der Waals surface area contributed by atoms with Crippen molar-refractivity contribution in [1.29, 1.82) is 0 Å². The Bertz CT molecular complexity index is 600. The quantitative estimate of drug-likeness (QED) is 0.901. The van der Waals surface area contributed by atoms with Crippen LogP contribution in [0.5, 0.6) is 0 Å². The van der Waals surface area contributed by atoms with Crippen LogP contribution in [0.2, 0.25) is 5.02 Å². The van der Waals surface area contributed by atoms with Crippen LogP contribution in [0.4, 0.5) is 0 Å². The monoisotopic (exact) mass is 358 g/mol. The molecule has 1 heterocycles. The van der Waals surface area contributed by atoms with Gasteiger partial charge < -0.3 is 5.32 Å². The van der Waals surface area contributed by atoms with Crippen LogP contribution in [0.25, 0.3) is 0 Å². The summed E-state index contributed by atoms with van der Waals surface area (Å²) in [6, 6.07) is 5.29. The zero-order chi connectivity index (χ0) is 13.8.